The fourth-order valence-corrected chi connectivity index (χ4v) is 1.40. The van der Waals surface area contributed by atoms with Gasteiger partial charge in [0.25, 0.3) is 0 Å². The Morgan fingerprint density at radius 3 is 1.31 bits per heavy atom. The Bertz CT molecular complexity index is 148. The first-order valence-corrected chi connectivity index (χ1v) is 4.15. The van der Waals surface area contributed by atoms with Crippen LogP contribution in [0.1, 0.15) is 27.7 Å². The molecular weight excluding hydrogens is 186 g/mol. The lowest BCUT2D eigenvalue weighted by molar-refractivity contribution is -0.245. The smallest absolute Gasteiger partial charge is 0.235 e. The van der Waals surface area contributed by atoms with Crippen LogP contribution in [-0.2, 0) is 0 Å². The van der Waals surface area contributed by atoms with Gasteiger partial charge in [-0.05, 0) is 27.7 Å². The summed E-state index contributed by atoms with van der Waals surface area (Å²) in [5.41, 5.74) is 0. The van der Waals surface area contributed by atoms with E-state index in [9.17, 15) is 17.6 Å². The third kappa shape index (κ3) is 2.83. The van der Waals surface area contributed by atoms with Gasteiger partial charge in [0.05, 0.1) is 0 Å². The first-order chi connectivity index (χ1) is 5.71. The van der Waals surface area contributed by atoms with E-state index in [1.807, 2.05) is 0 Å². The highest BCUT2D eigenvalue weighted by Gasteiger charge is 2.48. The fourth-order valence-electron chi connectivity index (χ4n) is 1.40. The first-order valence-electron chi connectivity index (χ1n) is 4.15. The summed E-state index contributed by atoms with van der Waals surface area (Å²) in [5, 5.41) is 0. The van der Waals surface area contributed by atoms with E-state index in [0.717, 1.165) is 0 Å². The third-order valence-electron chi connectivity index (χ3n) is 1.72. The first kappa shape index (κ1) is 12.7. The zero-order valence-corrected chi connectivity index (χ0v) is 8.19. The molecule has 13 heavy (non-hydrogen) atoms. The predicted octanol–water partition coefficient (Wildman–Crippen LogP) is 2.96. The molecule has 0 aliphatic carbocycles. The Kier molecular flexibility index (Phi) is 4.16. The average Bonchev–Trinajstić information content (AvgIpc) is 1.82. The van der Waals surface area contributed by atoms with Crippen LogP contribution in [0.2, 0.25) is 0 Å². The van der Waals surface area contributed by atoms with Gasteiger partial charge in [0.2, 0.25) is 0 Å². The SMILES string of the molecule is CC(C)N(C(C)C)C(F)(F)C(F)F. The molecule has 0 saturated heterocycles. The summed E-state index contributed by atoms with van der Waals surface area (Å²) < 4.78 is 49.8. The molecule has 0 aromatic heterocycles. The van der Waals surface area contributed by atoms with E-state index in [0.29, 0.717) is 4.90 Å². The van der Waals surface area contributed by atoms with Crippen LogP contribution < -0.4 is 0 Å². The predicted molar refractivity (Wildman–Crippen MR) is 43.1 cm³/mol. The summed E-state index contributed by atoms with van der Waals surface area (Å²) in [7, 11) is 0. The minimum atomic E-state index is -4.04. The van der Waals surface area contributed by atoms with Crippen LogP contribution in [0.4, 0.5) is 17.6 Å². The molecule has 0 bridgehead atoms. The van der Waals surface area contributed by atoms with Gasteiger partial charge in [0.15, 0.2) is 0 Å². The molecule has 0 N–H and O–H groups in total. The number of nitrogens with zero attached hydrogens (tertiary/aromatic N) is 1. The van der Waals surface area contributed by atoms with Gasteiger partial charge in [0, 0.05) is 12.1 Å². The quantitative estimate of drug-likeness (QED) is 0.499. The van der Waals surface area contributed by atoms with Crippen LogP contribution in [0.25, 0.3) is 0 Å². The summed E-state index contributed by atoms with van der Waals surface area (Å²) >= 11 is 0. The summed E-state index contributed by atoms with van der Waals surface area (Å²) in [4.78, 5) is 0.512. The molecule has 1 nitrogen and oxygen atoms in total. The summed E-state index contributed by atoms with van der Waals surface area (Å²) in [5.74, 6) is 0. The van der Waals surface area contributed by atoms with Gasteiger partial charge in [-0.25, -0.2) is 13.7 Å². The van der Waals surface area contributed by atoms with Crippen molar-refractivity contribution in [3.8, 4) is 0 Å². The zero-order valence-electron chi connectivity index (χ0n) is 8.19. The molecular formula is C8H15F4N. The van der Waals surface area contributed by atoms with E-state index in [1.54, 1.807) is 0 Å². The molecule has 5 heteroatoms. The van der Waals surface area contributed by atoms with Crippen molar-refractivity contribution in [1.29, 1.82) is 0 Å². The fraction of sp³-hybridized carbons (Fsp3) is 1.00. The van der Waals surface area contributed by atoms with Crippen LogP contribution >= 0.6 is 0 Å². The van der Waals surface area contributed by atoms with Crippen molar-refractivity contribution in [2.24, 2.45) is 0 Å². The van der Waals surface area contributed by atoms with Gasteiger partial charge in [-0.1, -0.05) is 0 Å². The van der Waals surface area contributed by atoms with E-state index in [-0.39, 0.29) is 0 Å². The Morgan fingerprint density at radius 2 is 1.23 bits per heavy atom. The van der Waals surface area contributed by atoms with Crippen molar-refractivity contribution < 1.29 is 17.6 Å². The van der Waals surface area contributed by atoms with Crippen LogP contribution in [0.15, 0.2) is 0 Å². The van der Waals surface area contributed by atoms with E-state index in [1.165, 1.54) is 27.7 Å². The number of alkyl halides is 4. The highest BCUT2D eigenvalue weighted by atomic mass is 19.3. The number of hydrogen-bond acceptors (Lipinski definition) is 1. The van der Waals surface area contributed by atoms with E-state index in [2.05, 4.69) is 0 Å². The molecule has 0 fully saturated rings. The van der Waals surface area contributed by atoms with Gasteiger partial charge in [-0.2, -0.15) is 8.78 Å². The molecule has 0 atom stereocenters. The van der Waals surface area contributed by atoms with E-state index < -0.39 is 24.6 Å². The van der Waals surface area contributed by atoms with E-state index in [4.69, 9.17) is 0 Å². The second-order valence-corrected chi connectivity index (χ2v) is 3.48. The second-order valence-electron chi connectivity index (χ2n) is 3.48. The van der Waals surface area contributed by atoms with Crippen LogP contribution in [0.5, 0.6) is 0 Å². The lowest BCUT2D eigenvalue weighted by atomic mass is 10.2. The molecule has 0 aromatic carbocycles. The van der Waals surface area contributed by atoms with Gasteiger partial charge in [0.1, 0.15) is 0 Å². The molecule has 0 aromatic rings. The maximum atomic E-state index is 12.9. The maximum absolute atomic E-state index is 12.9. The van der Waals surface area contributed by atoms with Crippen molar-refractivity contribution in [3.05, 3.63) is 0 Å². The summed E-state index contributed by atoms with van der Waals surface area (Å²) in [6.45, 7) is 5.87. The molecule has 0 heterocycles. The van der Waals surface area contributed by atoms with Crippen molar-refractivity contribution >= 4 is 0 Å². The molecule has 0 spiro atoms. The lowest BCUT2D eigenvalue weighted by Gasteiger charge is -2.36. The Hall–Kier alpha value is -0.320. The largest absolute Gasteiger partial charge is 0.365 e. The van der Waals surface area contributed by atoms with Crippen LogP contribution in [0, 0.1) is 0 Å². The maximum Gasteiger partial charge on any atom is 0.365 e. The highest BCUT2D eigenvalue weighted by Crippen LogP contribution is 2.31. The zero-order chi connectivity index (χ0) is 10.8. The standard InChI is InChI=1S/C8H15F4N/c1-5(2)13(6(3)4)8(11,12)7(9)10/h5-7H,1-4H3. The van der Waals surface area contributed by atoms with Gasteiger partial charge < -0.3 is 0 Å². The lowest BCUT2D eigenvalue weighted by Crippen LogP contribution is -2.53. The number of halogens is 4. The minimum absolute atomic E-state index is 0.512. The monoisotopic (exact) mass is 201 g/mol. The van der Waals surface area contributed by atoms with E-state index >= 15 is 0 Å². The normalized spacial score (nSPS) is 13.8. The van der Waals surface area contributed by atoms with Crippen LogP contribution in [0.3, 0.4) is 0 Å². The molecule has 0 aliphatic heterocycles. The molecule has 80 valence electrons. The van der Waals surface area contributed by atoms with Crippen molar-refractivity contribution in [3.63, 3.8) is 0 Å². The Labute approximate surface area is 75.7 Å². The van der Waals surface area contributed by atoms with Gasteiger partial charge in [-0.3, -0.25) is 0 Å². The number of rotatable bonds is 4. The topological polar surface area (TPSA) is 3.24 Å². The van der Waals surface area contributed by atoms with Crippen molar-refractivity contribution in [2.45, 2.75) is 52.3 Å². The molecule has 0 unspecified atom stereocenters. The summed E-state index contributed by atoms with van der Waals surface area (Å²) in [6, 6.07) is -5.25. The van der Waals surface area contributed by atoms with Gasteiger partial charge in [-0.15, -0.1) is 0 Å². The molecule has 0 aliphatic rings. The Balaban J connectivity index is 4.73. The third-order valence-corrected chi connectivity index (χ3v) is 1.72. The molecule has 0 rings (SSSR count). The molecule has 0 saturated carbocycles. The van der Waals surface area contributed by atoms with Crippen molar-refractivity contribution in [2.75, 3.05) is 0 Å². The Morgan fingerprint density at radius 1 is 0.923 bits per heavy atom. The number of hydrogen-bond donors (Lipinski definition) is 0. The second kappa shape index (κ2) is 4.26. The molecule has 0 amide bonds. The summed E-state index contributed by atoms with van der Waals surface area (Å²) in [6.07, 6.45) is -3.64. The molecule has 0 radical (unpaired) electrons. The average molecular weight is 201 g/mol. The van der Waals surface area contributed by atoms with Crippen molar-refractivity contribution in [1.82, 2.24) is 4.90 Å². The highest BCUT2D eigenvalue weighted by molar-refractivity contribution is 4.78. The minimum Gasteiger partial charge on any atom is -0.235 e. The van der Waals surface area contributed by atoms with Gasteiger partial charge >= 0.3 is 12.5 Å². The van der Waals surface area contributed by atoms with Crippen LogP contribution in [-0.4, -0.2) is 29.5 Å².